The topological polar surface area (TPSA) is 103 Å². The zero-order chi connectivity index (χ0) is 17.6. The summed E-state index contributed by atoms with van der Waals surface area (Å²) >= 11 is 0. The average Bonchev–Trinajstić information content (AvgIpc) is 2.53. The summed E-state index contributed by atoms with van der Waals surface area (Å²) in [6.45, 7) is 0.144. The van der Waals surface area contributed by atoms with Gasteiger partial charge in [-0.3, -0.25) is 0 Å². The quantitative estimate of drug-likeness (QED) is 0.577. The van der Waals surface area contributed by atoms with Crippen LogP contribution in [0.25, 0.3) is 0 Å². The van der Waals surface area contributed by atoms with Crippen LogP contribution in [0.5, 0.6) is 5.75 Å². The van der Waals surface area contributed by atoms with Gasteiger partial charge in [-0.2, -0.15) is 0 Å². The van der Waals surface area contributed by atoms with Gasteiger partial charge in [-0.1, -0.05) is 0 Å². The summed E-state index contributed by atoms with van der Waals surface area (Å²) in [6.07, 6.45) is -2.46. The van der Waals surface area contributed by atoms with Crippen LogP contribution in [0, 0.1) is 5.41 Å². The van der Waals surface area contributed by atoms with Gasteiger partial charge in [0.2, 0.25) is 0 Å². The molecule has 4 N–H and O–H groups in total. The minimum absolute atomic E-state index is 0.106. The fourth-order valence-corrected chi connectivity index (χ4v) is 1.82. The molecule has 128 valence electrons. The number of hydrogen-bond acceptors (Lipinski definition) is 7. The van der Waals surface area contributed by atoms with Gasteiger partial charge in [0.05, 0.1) is 12.2 Å². The van der Waals surface area contributed by atoms with E-state index in [1.54, 1.807) is 0 Å². The van der Waals surface area contributed by atoms with E-state index in [-0.39, 0.29) is 18.9 Å². The molecule has 0 aliphatic carbocycles. The van der Waals surface area contributed by atoms with Gasteiger partial charge in [0.1, 0.15) is 23.7 Å². The van der Waals surface area contributed by atoms with Gasteiger partial charge >= 0.3 is 6.36 Å². The lowest BCUT2D eigenvalue weighted by Gasteiger charge is -2.13. The van der Waals surface area contributed by atoms with Gasteiger partial charge in [-0.15, -0.1) is 13.2 Å². The Morgan fingerprint density at radius 2 is 1.83 bits per heavy atom. The highest BCUT2D eigenvalue weighted by Gasteiger charge is 2.30. The second-order valence-electron chi connectivity index (χ2n) is 4.48. The van der Waals surface area contributed by atoms with E-state index in [1.165, 1.54) is 18.5 Å². The molecule has 0 radical (unpaired) electrons. The number of nitrogens with zero attached hydrogens (tertiary/aromatic N) is 2. The number of hydrogen-bond donors (Lipinski definition) is 4. The number of aromatic nitrogens is 2. The van der Waals surface area contributed by atoms with Crippen molar-refractivity contribution in [3.05, 3.63) is 36.2 Å². The molecule has 0 amide bonds. The minimum Gasteiger partial charge on any atom is -0.406 e. The molecule has 0 bridgehead atoms. The van der Waals surface area contributed by atoms with Crippen LogP contribution in [-0.4, -0.2) is 40.8 Å². The van der Waals surface area contributed by atoms with Crippen LogP contribution in [0.4, 0.5) is 30.5 Å². The van der Waals surface area contributed by atoms with Crippen molar-refractivity contribution in [2.24, 2.45) is 0 Å². The number of nitrogens with one attached hydrogen (secondary N) is 3. The SMILES string of the molecule is N=Cc1c(NCCO)ncnc1Nc1ccc(OC(F)(F)F)cc1. The smallest absolute Gasteiger partial charge is 0.406 e. The molecular weight excluding hydrogens is 327 g/mol. The Labute approximate surface area is 135 Å². The highest BCUT2D eigenvalue weighted by atomic mass is 19.4. The number of halogens is 3. The third-order valence-electron chi connectivity index (χ3n) is 2.78. The van der Waals surface area contributed by atoms with Gasteiger partial charge in [-0.25, -0.2) is 9.97 Å². The number of aliphatic hydroxyl groups excluding tert-OH is 1. The molecule has 2 aromatic rings. The van der Waals surface area contributed by atoms with Crippen LogP contribution in [0.15, 0.2) is 30.6 Å². The van der Waals surface area contributed by atoms with E-state index in [1.807, 2.05) is 0 Å². The maximum absolute atomic E-state index is 12.1. The number of rotatable bonds is 7. The first-order valence-electron chi connectivity index (χ1n) is 6.76. The number of alkyl halides is 3. The van der Waals surface area contributed by atoms with Crippen molar-refractivity contribution in [2.75, 3.05) is 23.8 Å². The van der Waals surface area contributed by atoms with Crippen LogP contribution in [-0.2, 0) is 0 Å². The summed E-state index contributed by atoms with van der Waals surface area (Å²) in [4.78, 5) is 7.98. The van der Waals surface area contributed by atoms with Gasteiger partial charge < -0.3 is 25.9 Å². The van der Waals surface area contributed by atoms with E-state index in [9.17, 15) is 13.2 Å². The Bertz CT molecular complexity index is 692. The van der Waals surface area contributed by atoms with Crippen LogP contribution in [0.3, 0.4) is 0 Å². The average molecular weight is 341 g/mol. The van der Waals surface area contributed by atoms with Crippen LogP contribution < -0.4 is 15.4 Å². The van der Waals surface area contributed by atoms with E-state index in [0.717, 1.165) is 18.3 Å². The van der Waals surface area contributed by atoms with E-state index >= 15 is 0 Å². The van der Waals surface area contributed by atoms with E-state index in [2.05, 4.69) is 25.3 Å². The Hall–Kier alpha value is -2.88. The van der Waals surface area contributed by atoms with Gasteiger partial charge in [0, 0.05) is 18.4 Å². The predicted octanol–water partition coefficient (Wildman–Crippen LogP) is 2.52. The van der Waals surface area contributed by atoms with Gasteiger partial charge in [0.25, 0.3) is 0 Å². The second kappa shape index (κ2) is 7.59. The van der Waals surface area contributed by atoms with Crippen molar-refractivity contribution < 1.29 is 23.0 Å². The fourth-order valence-electron chi connectivity index (χ4n) is 1.82. The summed E-state index contributed by atoms with van der Waals surface area (Å²) in [5.41, 5.74) is 0.806. The van der Waals surface area contributed by atoms with Crippen molar-refractivity contribution in [1.82, 2.24) is 9.97 Å². The lowest BCUT2D eigenvalue weighted by molar-refractivity contribution is -0.274. The number of ether oxygens (including phenoxy) is 1. The lowest BCUT2D eigenvalue weighted by Crippen LogP contribution is -2.17. The molecule has 0 saturated carbocycles. The molecule has 0 fully saturated rings. The van der Waals surface area contributed by atoms with Crippen LogP contribution in [0.2, 0.25) is 0 Å². The Morgan fingerprint density at radius 1 is 1.17 bits per heavy atom. The maximum atomic E-state index is 12.1. The Kier molecular flexibility index (Phi) is 5.53. The maximum Gasteiger partial charge on any atom is 0.573 e. The molecule has 2 rings (SSSR count). The van der Waals surface area contributed by atoms with Crippen LogP contribution in [0.1, 0.15) is 5.56 Å². The molecule has 24 heavy (non-hydrogen) atoms. The molecule has 0 atom stereocenters. The largest absolute Gasteiger partial charge is 0.573 e. The Morgan fingerprint density at radius 3 is 2.42 bits per heavy atom. The molecule has 1 aromatic carbocycles. The van der Waals surface area contributed by atoms with E-state index < -0.39 is 6.36 Å². The van der Waals surface area contributed by atoms with Gasteiger partial charge in [-0.05, 0) is 24.3 Å². The highest BCUT2D eigenvalue weighted by Crippen LogP contribution is 2.26. The highest BCUT2D eigenvalue weighted by molar-refractivity contribution is 5.91. The fraction of sp³-hybridized carbons (Fsp3) is 0.214. The normalized spacial score (nSPS) is 11.0. The van der Waals surface area contributed by atoms with E-state index in [0.29, 0.717) is 22.9 Å². The summed E-state index contributed by atoms with van der Waals surface area (Å²) < 4.78 is 40.2. The lowest BCUT2D eigenvalue weighted by atomic mass is 10.2. The third kappa shape index (κ3) is 4.81. The third-order valence-corrected chi connectivity index (χ3v) is 2.78. The zero-order valence-corrected chi connectivity index (χ0v) is 12.3. The number of aliphatic hydroxyl groups is 1. The summed E-state index contributed by atoms with van der Waals surface area (Å²) in [6, 6.07) is 5.09. The molecule has 0 spiro atoms. The molecule has 0 unspecified atom stereocenters. The van der Waals surface area contributed by atoms with Crippen LogP contribution >= 0.6 is 0 Å². The molecule has 1 heterocycles. The first-order valence-corrected chi connectivity index (χ1v) is 6.76. The molecular formula is C14H14F3N5O2. The summed E-state index contributed by atoms with van der Waals surface area (Å²) in [5, 5.41) is 22.0. The van der Waals surface area contributed by atoms with Crippen molar-refractivity contribution in [2.45, 2.75) is 6.36 Å². The molecule has 10 heteroatoms. The van der Waals surface area contributed by atoms with Crippen molar-refractivity contribution in [3.63, 3.8) is 0 Å². The summed E-state index contributed by atoms with van der Waals surface area (Å²) in [7, 11) is 0. The number of anilines is 3. The zero-order valence-electron chi connectivity index (χ0n) is 12.3. The first kappa shape index (κ1) is 17.5. The second-order valence-corrected chi connectivity index (χ2v) is 4.48. The van der Waals surface area contributed by atoms with Gasteiger partial charge in [0.15, 0.2) is 0 Å². The molecule has 0 aliphatic rings. The minimum atomic E-state index is -4.75. The molecule has 0 aliphatic heterocycles. The standard InChI is InChI=1S/C14H14F3N5O2/c15-14(16,17)24-10-3-1-9(2-4-10)22-13-11(7-18)12(19-5-6-23)20-8-21-13/h1-4,7-8,18,23H,5-6H2,(H2,19,20,21,22). The molecule has 7 nitrogen and oxygen atoms in total. The first-order chi connectivity index (χ1) is 11.4. The Balaban J connectivity index is 2.17. The molecule has 0 saturated heterocycles. The monoisotopic (exact) mass is 341 g/mol. The van der Waals surface area contributed by atoms with Crippen molar-refractivity contribution >= 4 is 23.5 Å². The number of benzene rings is 1. The van der Waals surface area contributed by atoms with Crippen molar-refractivity contribution in [3.8, 4) is 5.75 Å². The van der Waals surface area contributed by atoms with Crippen molar-refractivity contribution in [1.29, 1.82) is 5.41 Å². The van der Waals surface area contributed by atoms with E-state index in [4.69, 9.17) is 10.5 Å². The summed E-state index contributed by atoms with van der Waals surface area (Å²) in [5.74, 6) is 0.312. The molecule has 1 aromatic heterocycles. The predicted molar refractivity (Wildman–Crippen MR) is 81.9 cm³/mol.